The average molecular weight is 279 g/mol. The summed E-state index contributed by atoms with van der Waals surface area (Å²) in [4.78, 5) is 39.8. The van der Waals surface area contributed by atoms with E-state index in [1.165, 1.54) is 23.4 Å². The number of nitrogens with zero attached hydrogens (tertiary/aromatic N) is 1. The van der Waals surface area contributed by atoms with Crippen molar-refractivity contribution in [2.45, 2.75) is 26.7 Å². The highest BCUT2D eigenvalue weighted by Crippen LogP contribution is 2.00. The number of carbonyl (C=O) groups excluding carboxylic acids is 2. The molecular formula is C14H21N3O3. The molecule has 6 nitrogen and oxygen atoms in total. The number of nitrogens with one attached hydrogen (secondary N) is 2. The predicted molar refractivity (Wildman–Crippen MR) is 76.6 cm³/mol. The smallest absolute Gasteiger partial charge is 0.259 e. The van der Waals surface area contributed by atoms with Gasteiger partial charge in [-0.25, -0.2) is 0 Å². The highest BCUT2D eigenvalue weighted by Gasteiger charge is 2.19. The number of rotatable bonds is 7. The highest BCUT2D eigenvalue weighted by molar-refractivity contribution is 5.96. The maximum absolute atomic E-state index is 12.3. The fourth-order valence-corrected chi connectivity index (χ4v) is 1.77. The van der Waals surface area contributed by atoms with Crippen LogP contribution in [0.15, 0.2) is 23.3 Å². The number of carbonyl (C=O) groups is 2. The van der Waals surface area contributed by atoms with E-state index in [2.05, 4.69) is 10.3 Å². The first-order valence-electron chi connectivity index (χ1n) is 6.83. The molecule has 0 aliphatic carbocycles. The summed E-state index contributed by atoms with van der Waals surface area (Å²) in [6, 6.07) is 1.30. The van der Waals surface area contributed by atoms with Crippen molar-refractivity contribution < 1.29 is 9.59 Å². The van der Waals surface area contributed by atoms with Crippen LogP contribution in [-0.4, -0.2) is 41.3 Å². The molecule has 0 radical (unpaired) electrons. The molecule has 0 fully saturated rings. The molecule has 0 spiro atoms. The van der Waals surface area contributed by atoms with Crippen LogP contribution in [0.2, 0.25) is 0 Å². The molecule has 0 aromatic carbocycles. The van der Waals surface area contributed by atoms with Crippen molar-refractivity contribution in [3.8, 4) is 0 Å². The molecule has 1 aromatic heterocycles. The van der Waals surface area contributed by atoms with E-state index in [-0.39, 0.29) is 23.4 Å². The van der Waals surface area contributed by atoms with Gasteiger partial charge >= 0.3 is 0 Å². The molecule has 20 heavy (non-hydrogen) atoms. The number of hydrogen-bond acceptors (Lipinski definition) is 3. The van der Waals surface area contributed by atoms with Gasteiger partial charge in [0.15, 0.2) is 5.43 Å². The van der Waals surface area contributed by atoms with Crippen molar-refractivity contribution in [3.63, 3.8) is 0 Å². The largest absolute Gasteiger partial charge is 0.367 e. The second-order valence-electron chi connectivity index (χ2n) is 4.50. The van der Waals surface area contributed by atoms with Crippen LogP contribution in [0.4, 0.5) is 0 Å². The maximum Gasteiger partial charge on any atom is 0.259 e. The molecule has 0 aliphatic rings. The summed E-state index contributed by atoms with van der Waals surface area (Å²) in [5, 5.41) is 2.72. The average Bonchev–Trinajstić information content (AvgIpc) is 2.44. The number of pyridine rings is 1. The van der Waals surface area contributed by atoms with Gasteiger partial charge in [-0.1, -0.05) is 13.8 Å². The Balaban J connectivity index is 2.80. The normalized spacial score (nSPS) is 10.1. The lowest BCUT2D eigenvalue weighted by Crippen LogP contribution is -2.42. The van der Waals surface area contributed by atoms with E-state index in [9.17, 15) is 14.4 Å². The van der Waals surface area contributed by atoms with Crippen LogP contribution >= 0.6 is 0 Å². The van der Waals surface area contributed by atoms with Crippen LogP contribution < -0.4 is 10.7 Å². The standard InChI is InChI=1S/C14H21N3O3/c1-3-6-16-13(19)10-17(8-4-2)14(20)11-9-15-7-5-12(11)18/h5,7,9H,3-4,6,8,10H2,1-2H3,(H,15,18)(H,16,19). The first kappa shape index (κ1) is 15.9. The van der Waals surface area contributed by atoms with Crippen LogP contribution in [-0.2, 0) is 4.79 Å². The van der Waals surface area contributed by atoms with Gasteiger partial charge in [-0.15, -0.1) is 0 Å². The summed E-state index contributed by atoms with van der Waals surface area (Å²) in [6.45, 7) is 4.87. The van der Waals surface area contributed by atoms with E-state index in [1.807, 2.05) is 13.8 Å². The van der Waals surface area contributed by atoms with Crippen molar-refractivity contribution in [2.75, 3.05) is 19.6 Å². The van der Waals surface area contributed by atoms with Gasteiger partial charge in [0.2, 0.25) is 5.91 Å². The minimum absolute atomic E-state index is 0.0268. The maximum atomic E-state index is 12.3. The third-order valence-electron chi connectivity index (χ3n) is 2.74. The van der Waals surface area contributed by atoms with Gasteiger partial charge in [-0.3, -0.25) is 14.4 Å². The van der Waals surface area contributed by atoms with Gasteiger partial charge in [-0.2, -0.15) is 0 Å². The van der Waals surface area contributed by atoms with Gasteiger partial charge in [0.05, 0.1) is 6.54 Å². The Morgan fingerprint density at radius 2 is 2.05 bits per heavy atom. The summed E-state index contributed by atoms with van der Waals surface area (Å²) < 4.78 is 0. The Bertz CT molecular complexity index is 510. The molecule has 110 valence electrons. The van der Waals surface area contributed by atoms with E-state index in [0.717, 1.165) is 12.8 Å². The summed E-state index contributed by atoms with van der Waals surface area (Å²) in [5.74, 6) is -0.624. The van der Waals surface area contributed by atoms with Gasteiger partial charge in [0.25, 0.3) is 5.91 Å². The van der Waals surface area contributed by atoms with Crippen molar-refractivity contribution >= 4 is 11.8 Å². The molecule has 1 rings (SSSR count). The first-order valence-corrected chi connectivity index (χ1v) is 6.83. The molecule has 2 N–H and O–H groups in total. The number of aromatic nitrogens is 1. The lowest BCUT2D eigenvalue weighted by Gasteiger charge is -2.21. The van der Waals surface area contributed by atoms with Gasteiger partial charge in [0, 0.05) is 31.5 Å². The number of amides is 2. The topological polar surface area (TPSA) is 82.3 Å². The second kappa shape index (κ2) is 8.14. The zero-order chi connectivity index (χ0) is 15.0. The molecule has 0 aliphatic heterocycles. The third kappa shape index (κ3) is 4.53. The van der Waals surface area contributed by atoms with Crippen LogP contribution in [0.1, 0.15) is 37.0 Å². The van der Waals surface area contributed by atoms with Crippen LogP contribution in [0.25, 0.3) is 0 Å². The van der Waals surface area contributed by atoms with Crippen LogP contribution in [0, 0.1) is 0 Å². The Morgan fingerprint density at radius 1 is 1.30 bits per heavy atom. The molecule has 0 saturated carbocycles. The Labute approximate surface area is 118 Å². The van der Waals surface area contributed by atoms with E-state index in [4.69, 9.17) is 0 Å². The molecule has 6 heteroatoms. The van der Waals surface area contributed by atoms with Crippen molar-refractivity contribution in [1.29, 1.82) is 0 Å². The molecule has 0 bridgehead atoms. The summed E-state index contributed by atoms with van der Waals surface area (Å²) in [5.41, 5.74) is -0.284. The fourth-order valence-electron chi connectivity index (χ4n) is 1.77. The SMILES string of the molecule is CCCNC(=O)CN(CCC)C(=O)c1c[nH]ccc1=O. The molecule has 1 heterocycles. The van der Waals surface area contributed by atoms with Crippen molar-refractivity contribution in [3.05, 3.63) is 34.2 Å². The zero-order valence-corrected chi connectivity index (χ0v) is 11.9. The Kier molecular flexibility index (Phi) is 6.49. The lowest BCUT2D eigenvalue weighted by molar-refractivity contribution is -0.121. The van der Waals surface area contributed by atoms with E-state index in [1.54, 1.807) is 0 Å². The summed E-state index contributed by atoms with van der Waals surface area (Å²) >= 11 is 0. The number of hydrogen-bond donors (Lipinski definition) is 2. The highest BCUT2D eigenvalue weighted by atomic mass is 16.2. The molecule has 0 atom stereocenters. The molecule has 0 unspecified atom stereocenters. The number of aromatic amines is 1. The summed E-state index contributed by atoms with van der Waals surface area (Å²) in [6.07, 6.45) is 4.40. The Hall–Kier alpha value is -2.11. The third-order valence-corrected chi connectivity index (χ3v) is 2.74. The second-order valence-corrected chi connectivity index (χ2v) is 4.50. The van der Waals surface area contributed by atoms with E-state index in [0.29, 0.717) is 13.1 Å². The molecule has 2 amide bonds. The summed E-state index contributed by atoms with van der Waals surface area (Å²) in [7, 11) is 0. The van der Waals surface area contributed by atoms with Crippen LogP contribution in [0.3, 0.4) is 0 Å². The fraction of sp³-hybridized carbons (Fsp3) is 0.500. The Morgan fingerprint density at radius 3 is 2.65 bits per heavy atom. The van der Waals surface area contributed by atoms with Gasteiger partial charge in [-0.05, 0) is 12.8 Å². The van der Waals surface area contributed by atoms with Crippen molar-refractivity contribution in [2.24, 2.45) is 0 Å². The quantitative estimate of drug-likeness (QED) is 0.773. The monoisotopic (exact) mass is 279 g/mol. The van der Waals surface area contributed by atoms with Crippen molar-refractivity contribution in [1.82, 2.24) is 15.2 Å². The molecule has 0 saturated heterocycles. The molecule has 1 aromatic rings. The minimum Gasteiger partial charge on any atom is -0.367 e. The van der Waals surface area contributed by atoms with Crippen LogP contribution in [0.5, 0.6) is 0 Å². The lowest BCUT2D eigenvalue weighted by atomic mass is 10.2. The molecular weight excluding hydrogens is 258 g/mol. The van der Waals surface area contributed by atoms with E-state index >= 15 is 0 Å². The van der Waals surface area contributed by atoms with Gasteiger partial charge in [0.1, 0.15) is 5.56 Å². The minimum atomic E-state index is -0.416. The predicted octanol–water partition coefficient (Wildman–Crippen LogP) is 0.753. The number of H-pyrrole nitrogens is 1. The van der Waals surface area contributed by atoms with E-state index < -0.39 is 5.91 Å². The first-order chi connectivity index (χ1) is 9.60. The zero-order valence-electron chi connectivity index (χ0n) is 11.9. The van der Waals surface area contributed by atoms with Gasteiger partial charge < -0.3 is 15.2 Å².